The van der Waals surface area contributed by atoms with E-state index >= 15 is 0 Å². The van der Waals surface area contributed by atoms with Crippen LogP contribution in [-0.4, -0.2) is 32.6 Å². The quantitative estimate of drug-likeness (QED) is 0.597. The zero-order valence-corrected chi connectivity index (χ0v) is 14.9. The van der Waals surface area contributed by atoms with Crippen molar-refractivity contribution in [2.45, 2.75) is 25.3 Å². The number of hydrogen-bond donors (Lipinski definition) is 1. The molecule has 0 aromatic carbocycles. The van der Waals surface area contributed by atoms with Gasteiger partial charge < -0.3 is 14.6 Å². The Morgan fingerprint density at radius 3 is 3.00 bits per heavy atom. The SMILES string of the molecule is Nc1cc(C2CCCN(Cc3ccoc3)C2)nc2cc(-c3ccco3)nn12. The lowest BCUT2D eigenvalue weighted by Crippen LogP contribution is -2.34. The van der Waals surface area contributed by atoms with Gasteiger partial charge in [0.2, 0.25) is 0 Å². The van der Waals surface area contributed by atoms with Crippen LogP contribution in [-0.2, 0) is 6.54 Å². The summed E-state index contributed by atoms with van der Waals surface area (Å²) in [4.78, 5) is 7.31. The van der Waals surface area contributed by atoms with Crippen LogP contribution in [0.4, 0.5) is 5.82 Å². The van der Waals surface area contributed by atoms with Crippen LogP contribution in [0.2, 0.25) is 0 Å². The van der Waals surface area contributed by atoms with Crippen LogP contribution >= 0.6 is 0 Å². The molecule has 7 heteroatoms. The summed E-state index contributed by atoms with van der Waals surface area (Å²) < 4.78 is 12.3. The van der Waals surface area contributed by atoms with E-state index in [1.165, 1.54) is 5.56 Å². The fourth-order valence-electron chi connectivity index (χ4n) is 3.85. The third-order valence-corrected chi connectivity index (χ3v) is 5.16. The Morgan fingerprint density at radius 1 is 1.22 bits per heavy atom. The lowest BCUT2D eigenvalue weighted by molar-refractivity contribution is 0.198. The topological polar surface area (TPSA) is 85.7 Å². The summed E-state index contributed by atoms with van der Waals surface area (Å²) in [5, 5.41) is 4.52. The number of nitrogens with zero attached hydrogens (tertiary/aromatic N) is 4. The van der Waals surface area contributed by atoms with Crippen LogP contribution in [0.3, 0.4) is 0 Å². The number of hydrogen-bond acceptors (Lipinski definition) is 6. The van der Waals surface area contributed by atoms with Gasteiger partial charge in [-0.15, -0.1) is 0 Å². The van der Waals surface area contributed by atoms with Gasteiger partial charge in [0.05, 0.1) is 24.5 Å². The molecule has 1 fully saturated rings. The van der Waals surface area contributed by atoms with Gasteiger partial charge in [0, 0.05) is 36.7 Å². The Kier molecular flexibility index (Phi) is 3.94. The summed E-state index contributed by atoms with van der Waals surface area (Å²) in [6.07, 6.45) is 7.44. The van der Waals surface area contributed by atoms with Crippen LogP contribution in [0.5, 0.6) is 0 Å². The largest absolute Gasteiger partial charge is 0.472 e. The molecule has 0 saturated carbocycles. The van der Waals surface area contributed by atoms with Crippen molar-refractivity contribution in [2.75, 3.05) is 18.8 Å². The summed E-state index contributed by atoms with van der Waals surface area (Å²) in [6, 6.07) is 9.63. The maximum absolute atomic E-state index is 6.28. The second-order valence-electron chi connectivity index (χ2n) is 7.09. The van der Waals surface area contributed by atoms with Gasteiger partial charge in [0.1, 0.15) is 11.5 Å². The van der Waals surface area contributed by atoms with Crippen molar-refractivity contribution in [3.63, 3.8) is 0 Å². The molecule has 1 saturated heterocycles. The molecule has 0 amide bonds. The van der Waals surface area contributed by atoms with Gasteiger partial charge in [0.15, 0.2) is 11.4 Å². The van der Waals surface area contributed by atoms with E-state index in [1.54, 1.807) is 17.0 Å². The standard InChI is InChI=1S/C20H21N5O2/c21-19-9-16(15-3-1-6-24(12-15)11-14-5-8-26-13-14)22-20-10-17(23-25(19)20)18-4-2-7-27-18/h2,4-5,7-10,13,15H,1,3,6,11-12,21H2. The number of furan rings is 2. The molecular weight excluding hydrogens is 342 g/mol. The second kappa shape index (κ2) is 6.59. The van der Waals surface area contributed by atoms with Crippen molar-refractivity contribution < 1.29 is 8.83 Å². The molecule has 0 aliphatic carbocycles. The van der Waals surface area contributed by atoms with E-state index in [1.807, 2.05) is 36.6 Å². The molecule has 2 N–H and O–H groups in total. The number of fused-ring (bicyclic) bond motifs is 1. The van der Waals surface area contributed by atoms with Gasteiger partial charge in [0.25, 0.3) is 0 Å². The first-order valence-corrected chi connectivity index (χ1v) is 9.20. The molecule has 138 valence electrons. The molecular formula is C20H21N5O2. The smallest absolute Gasteiger partial charge is 0.158 e. The average Bonchev–Trinajstić information content (AvgIpc) is 3.43. The predicted molar refractivity (Wildman–Crippen MR) is 101 cm³/mol. The van der Waals surface area contributed by atoms with Gasteiger partial charge in [-0.2, -0.15) is 9.61 Å². The first-order chi connectivity index (χ1) is 13.3. The van der Waals surface area contributed by atoms with Gasteiger partial charge >= 0.3 is 0 Å². The van der Waals surface area contributed by atoms with Crippen molar-refractivity contribution >= 4 is 11.5 Å². The molecule has 5 heterocycles. The number of anilines is 1. The number of rotatable bonds is 4. The molecule has 7 nitrogen and oxygen atoms in total. The molecule has 1 aliphatic heterocycles. The third kappa shape index (κ3) is 3.10. The molecule has 4 aromatic heterocycles. The summed E-state index contributed by atoms with van der Waals surface area (Å²) >= 11 is 0. The normalized spacial score (nSPS) is 18.3. The Bertz CT molecular complexity index is 1040. The summed E-state index contributed by atoms with van der Waals surface area (Å²) in [5.41, 5.74) is 10.0. The monoisotopic (exact) mass is 363 g/mol. The zero-order chi connectivity index (χ0) is 18.2. The molecule has 5 rings (SSSR count). The van der Waals surface area contributed by atoms with Crippen LogP contribution in [0, 0.1) is 0 Å². The van der Waals surface area contributed by atoms with E-state index in [4.69, 9.17) is 19.6 Å². The van der Waals surface area contributed by atoms with Crippen molar-refractivity contribution in [3.05, 3.63) is 60.4 Å². The lowest BCUT2D eigenvalue weighted by atomic mass is 9.94. The fourth-order valence-corrected chi connectivity index (χ4v) is 3.85. The zero-order valence-electron chi connectivity index (χ0n) is 14.9. The average molecular weight is 363 g/mol. The van der Waals surface area contributed by atoms with Crippen LogP contribution in [0.25, 0.3) is 17.1 Å². The Labute approximate surface area is 156 Å². The van der Waals surface area contributed by atoms with E-state index < -0.39 is 0 Å². The van der Waals surface area contributed by atoms with E-state index in [-0.39, 0.29) is 0 Å². The van der Waals surface area contributed by atoms with E-state index in [0.717, 1.165) is 49.5 Å². The highest BCUT2D eigenvalue weighted by Crippen LogP contribution is 2.29. The maximum atomic E-state index is 6.28. The van der Waals surface area contributed by atoms with E-state index in [0.29, 0.717) is 17.5 Å². The molecule has 0 radical (unpaired) electrons. The summed E-state index contributed by atoms with van der Waals surface area (Å²) in [6.45, 7) is 2.96. The van der Waals surface area contributed by atoms with Gasteiger partial charge in [-0.25, -0.2) is 4.98 Å². The van der Waals surface area contributed by atoms with Crippen molar-refractivity contribution in [3.8, 4) is 11.5 Å². The number of piperidine rings is 1. The lowest BCUT2D eigenvalue weighted by Gasteiger charge is -2.32. The molecule has 0 spiro atoms. The van der Waals surface area contributed by atoms with E-state index in [2.05, 4.69) is 10.00 Å². The maximum Gasteiger partial charge on any atom is 0.158 e. The fraction of sp³-hybridized carbons (Fsp3) is 0.300. The molecule has 1 atom stereocenters. The van der Waals surface area contributed by atoms with Crippen molar-refractivity contribution in [2.24, 2.45) is 0 Å². The van der Waals surface area contributed by atoms with Crippen molar-refractivity contribution in [1.82, 2.24) is 19.5 Å². The molecule has 4 aromatic rings. The summed E-state index contributed by atoms with van der Waals surface area (Å²) in [5.74, 6) is 1.67. The van der Waals surface area contributed by atoms with Crippen LogP contribution in [0.1, 0.15) is 30.0 Å². The third-order valence-electron chi connectivity index (χ3n) is 5.16. The minimum Gasteiger partial charge on any atom is -0.472 e. The number of nitrogen functional groups attached to an aromatic ring is 1. The number of likely N-dealkylation sites (tertiary alicyclic amines) is 1. The first kappa shape index (κ1) is 16.1. The Balaban J connectivity index is 1.42. The van der Waals surface area contributed by atoms with Crippen molar-refractivity contribution in [1.29, 1.82) is 0 Å². The minimum absolute atomic E-state index is 0.361. The van der Waals surface area contributed by atoms with Gasteiger partial charge in [-0.3, -0.25) is 4.90 Å². The molecule has 1 aliphatic rings. The number of aromatic nitrogens is 3. The Morgan fingerprint density at radius 2 is 2.19 bits per heavy atom. The number of nitrogens with two attached hydrogens (primary N) is 1. The minimum atomic E-state index is 0.361. The molecule has 27 heavy (non-hydrogen) atoms. The van der Waals surface area contributed by atoms with Crippen LogP contribution in [0.15, 0.2) is 58.0 Å². The van der Waals surface area contributed by atoms with Gasteiger partial charge in [-0.1, -0.05) is 0 Å². The van der Waals surface area contributed by atoms with Crippen LogP contribution < -0.4 is 5.73 Å². The first-order valence-electron chi connectivity index (χ1n) is 9.20. The molecule has 1 unspecified atom stereocenters. The molecule has 0 bridgehead atoms. The predicted octanol–water partition coefficient (Wildman–Crippen LogP) is 3.54. The second-order valence-corrected chi connectivity index (χ2v) is 7.09. The van der Waals surface area contributed by atoms with E-state index in [9.17, 15) is 0 Å². The summed E-state index contributed by atoms with van der Waals surface area (Å²) in [7, 11) is 0. The highest BCUT2D eigenvalue weighted by molar-refractivity contribution is 5.61. The highest BCUT2D eigenvalue weighted by Gasteiger charge is 2.24. The highest BCUT2D eigenvalue weighted by atomic mass is 16.3. The van der Waals surface area contributed by atoms with Gasteiger partial charge in [-0.05, 0) is 37.6 Å². The Hall–Kier alpha value is -3.06.